The van der Waals surface area contributed by atoms with Gasteiger partial charge in [0.05, 0.1) is 29.0 Å². The van der Waals surface area contributed by atoms with Gasteiger partial charge in [0.2, 0.25) is 0 Å². The van der Waals surface area contributed by atoms with Gasteiger partial charge < -0.3 is 10.2 Å². The number of nitrogens with one attached hydrogen (secondary N) is 1. The van der Waals surface area contributed by atoms with Crippen LogP contribution in [0.15, 0.2) is 58.6 Å². The number of aryl methyl sites for hydroxylation is 1. The molecule has 0 bridgehead atoms. The van der Waals surface area contributed by atoms with Crippen LogP contribution in [0.3, 0.4) is 0 Å². The number of piperidine rings is 1. The molecule has 1 fully saturated rings. The van der Waals surface area contributed by atoms with Crippen molar-refractivity contribution in [1.29, 1.82) is 0 Å². The highest BCUT2D eigenvalue weighted by atomic mass is 19.1. The van der Waals surface area contributed by atoms with Crippen molar-refractivity contribution in [2.75, 3.05) is 25.5 Å². The number of likely N-dealkylation sites (tertiary alicyclic amines) is 1. The van der Waals surface area contributed by atoms with Crippen molar-refractivity contribution in [3.63, 3.8) is 0 Å². The normalized spacial score (nSPS) is 15.2. The van der Waals surface area contributed by atoms with Crippen molar-refractivity contribution in [3.05, 3.63) is 60.0 Å². The van der Waals surface area contributed by atoms with E-state index in [1.165, 1.54) is 6.07 Å². The molecular formula is C27H30FN5. The van der Waals surface area contributed by atoms with Crippen LogP contribution in [0.2, 0.25) is 0 Å². The lowest BCUT2D eigenvalue weighted by atomic mass is 9.96. The molecule has 0 atom stereocenters. The number of aromatic nitrogens is 1. The molecule has 0 radical (unpaired) electrons. The number of hydrogen-bond acceptors (Lipinski definition) is 5. The van der Waals surface area contributed by atoms with Crippen LogP contribution in [-0.4, -0.2) is 49.0 Å². The van der Waals surface area contributed by atoms with E-state index in [-0.39, 0.29) is 5.82 Å². The molecule has 0 saturated carbocycles. The van der Waals surface area contributed by atoms with Crippen molar-refractivity contribution in [2.24, 2.45) is 9.98 Å². The molecule has 1 saturated heterocycles. The molecule has 0 spiro atoms. The molecule has 2 heterocycles. The first kappa shape index (κ1) is 22.8. The van der Waals surface area contributed by atoms with Gasteiger partial charge in [-0.05, 0) is 101 Å². The van der Waals surface area contributed by atoms with E-state index in [1.807, 2.05) is 37.4 Å². The number of halogens is 1. The SMILES string of the molecule is C=Nc1cc(-c2cc(NC3CCN(C)CC3)cnc2-c2ccc(F)c(C)c2)ccc1N=CC. The molecule has 0 amide bonds. The Bertz CT molecular complexity index is 1180. The predicted octanol–water partition coefficient (Wildman–Crippen LogP) is 6.42. The summed E-state index contributed by atoms with van der Waals surface area (Å²) in [4.78, 5) is 15.7. The second-order valence-corrected chi connectivity index (χ2v) is 8.55. The summed E-state index contributed by atoms with van der Waals surface area (Å²) >= 11 is 0. The minimum atomic E-state index is -0.222. The number of aliphatic imine (C=N–C) groups is 2. The van der Waals surface area contributed by atoms with E-state index in [0.717, 1.165) is 59.7 Å². The Morgan fingerprint density at radius 2 is 1.85 bits per heavy atom. The quantitative estimate of drug-likeness (QED) is 0.447. The van der Waals surface area contributed by atoms with Gasteiger partial charge in [-0.3, -0.25) is 15.0 Å². The monoisotopic (exact) mass is 443 g/mol. The molecular weight excluding hydrogens is 413 g/mol. The first-order chi connectivity index (χ1) is 16.0. The van der Waals surface area contributed by atoms with Gasteiger partial charge in [0.15, 0.2) is 0 Å². The number of pyridine rings is 1. The molecule has 1 N–H and O–H groups in total. The highest BCUT2D eigenvalue weighted by Crippen LogP contribution is 2.38. The minimum absolute atomic E-state index is 0.222. The Morgan fingerprint density at radius 3 is 2.55 bits per heavy atom. The zero-order chi connectivity index (χ0) is 23.4. The summed E-state index contributed by atoms with van der Waals surface area (Å²) in [7, 11) is 2.16. The van der Waals surface area contributed by atoms with Crippen molar-refractivity contribution in [1.82, 2.24) is 9.88 Å². The fourth-order valence-corrected chi connectivity index (χ4v) is 4.24. The Hall–Kier alpha value is -3.38. The largest absolute Gasteiger partial charge is 0.381 e. The second-order valence-electron chi connectivity index (χ2n) is 8.55. The van der Waals surface area contributed by atoms with Crippen LogP contribution in [0.25, 0.3) is 22.4 Å². The predicted molar refractivity (Wildman–Crippen MR) is 137 cm³/mol. The third kappa shape index (κ3) is 5.17. The lowest BCUT2D eigenvalue weighted by molar-refractivity contribution is 0.264. The van der Waals surface area contributed by atoms with Gasteiger partial charge >= 0.3 is 0 Å². The maximum absolute atomic E-state index is 13.9. The first-order valence-corrected chi connectivity index (χ1v) is 11.3. The van der Waals surface area contributed by atoms with Crippen LogP contribution in [0.1, 0.15) is 25.3 Å². The Kier molecular flexibility index (Phi) is 6.94. The Morgan fingerprint density at radius 1 is 1.09 bits per heavy atom. The molecule has 3 aromatic rings. The van der Waals surface area contributed by atoms with Crippen molar-refractivity contribution < 1.29 is 4.39 Å². The lowest BCUT2D eigenvalue weighted by Crippen LogP contribution is -2.36. The number of anilines is 1. The Labute approximate surface area is 195 Å². The number of benzene rings is 2. The summed E-state index contributed by atoms with van der Waals surface area (Å²) in [6, 6.07) is 13.6. The van der Waals surface area contributed by atoms with E-state index in [9.17, 15) is 4.39 Å². The summed E-state index contributed by atoms with van der Waals surface area (Å²) in [6.07, 6.45) is 5.81. The highest BCUT2D eigenvalue weighted by molar-refractivity contribution is 5.86. The highest BCUT2D eigenvalue weighted by Gasteiger charge is 2.18. The van der Waals surface area contributed by atoms with Crippen LogP contribution in [0.5, 0.6) is 0 Å². The van der Waals surface area contributed by atoms with E-state index in [0.29, 0.717) is 17.3 Å². The summed E-state index contributed by atoms with van der Waals surface area (Å²) in [5, 5.41) is 3.66. The third-order valence-corrected chi connectivity index (χ3v) is 6.13. The van der Waals surface area contributed by atoms with E-state index in [2.05, 4.69) is 40.0 Å². The molecule has 1 aromatic heterocycles. The maximum Gasteiger partial charge on any atom is 0.126 e. The molecule has 2 aromatic carbocycles. The number of nitrogens with zero attached hydrogens (tertiary/aromatic N) is 4. The topological polar surface area (TPSA) is 52.9 Å². The zero-order valence-corrected chi connectivity index (χ0v) is 19.5. The standard InChI is InChI=1S/C27H30FN5/c1-5-30-25-9-7-19(15-26(25)29-3)23-16-22(32-21-10-12-33(4)13-11-21)17-31-27(23)20-6-8-24(28)18(2)14-20/h5-9,14-17,21,32H,3,10-13H2,1-2,4H3. The van der Waals surface area contributed by atoms with Crippen LogP contribution < -0.4 is 5.32 Å². The van der Waals surface area contributed by atoms with Crippen LogP contribution >= 0.6 is 0 Å². The van der Waals surface area contributed by atoms with Gasteiger partial charge in [-0.2, -0.15) is 0 Å². The molecule has 0 aliphatic carbocycles. The van der Waals surface area contributed by atoms with Gasteiger partial charge in [-0.15, -0.1) is 0 Å². The van der Waals surface area contributed by atoms with Gasteiger partial charge in [-0.25, -0.2) is 4.39 Å². The third-order valence-electron chi connectivity index (χ3n) is 6.13. The molecule has 0 unspecified atom stereocenters. The molecule has 1 aliphatic heterocycles. The van der Waals surface area contributed by atoms with Crippen LogP contribution in [0.4, 0.5) is 21.5 Å². The molecule has 4 rings (SSSR count). The van der Waals surface area contributed by atoms with Crippen molar-refractivity contribution >= 4 is 30.0 Å². The fourth-order valence-electron chi connectivity index (χ4n) is 4.24. The van der Waals surface area contributed by atoms with E-state index >= 15 is 0 Å². The first-order valence-electron chi connectivity index (χ1n) is 11.3. The summed E-state index contributed by atoms with van der Waals surface area (Å²) < 4.78 is 13.9. The van der Waals surface area contributed by atoms with E-state index in [1.54, 1.807) is 19.2 Å². The van der Waals surface area contributed by atoms with Gasteiger partial charge in [0.25, 0.3) is 0 Å². The minimum Gasteiger partial charge on any atom is -0.381 e. The van der Waals surface area contributed by atoms with Gasteiger partial charge in [0.1, 0.15) is 5.82 Å². The van der Waals surface area contributed by atoms with Crippen molar-refractivity contribution in [3.8, 4) is 22.4 Å². The lowest BCUT2D eigenvalue weighted by Gasteiger charge is -2.30. The summed E-state index contributed by atoms with van der Waals surface area (Å²) in [6.45, 7) is 9.52. The molecule has 170 valence electrons. The van der Waals surface area contributed by atoms with E-state index < -0.39 is 0 Å². The zero-order valence-electron chi connectivity index (χ0n) is 19.5. The number of hydrogen-bond donors (Lipinski definition) is 1. The van der Waals surface area contributed by atoms with Crippen molar-refractivity contribution in [2.45, 2.75) is 32.7 Å². The molecule has 33 heavy (non-hydrogen) atoms. The summed E-state index contributed by atoms with van der Waals surface area (Å²) in [5.41, 5.74) is 6.64. The molecule has 5 nitrogen and oxygen atoms in total. The fraction of sp³-hybridized carbons (Fsp3) is 0.296. The van der Waals surface area contributed by atoms with Gasteiger partial charge in [-0.1, -0.05) is 6.07 Å². The van der Waals surface area contributed by atoms with E-state index in [4.69, 9.17) is 4.98 Å². The Balaban J connectivity index is 1.78. The average molecular weight is 444 g/mol. The smallest absolute Gasteiger partial charge is 0.126 e. The summed E-state index contributed by atoms with van der Waals surface area (Å²) in [5.74, 6) is -0.222. The number of rotatable bonds is 6. The van der Waals surface area contributed by atoms with Crippen LogP contribution in [-0.2, 0) is 0 Å². The van der Waals surface area contributed by atoms with Gasteiger partial charge in [0, 0.05) is 23.4 Å². The van der Waals surface area contributed by atoms with Crippen LogP contribution in [0, 0.1) is 12.7 Å². The second kappa shape index (κ2) is 10.0. The average Bonchev–Trinajstić information content (AvgIpc) is 2.83. The molecule has 1 aliphatic rings. The maximum atomic E-state index is 13.9. The molecule has 6 heteroatoms.